The fourth-order valence-corrected chi connectivity index (χ4v) is 3.82. The summed E-state index contributed by atoms with van der Waals surface area (Å²) in [5.74, 6) is 0.571. The molecule has 144 valence electrons. The standard InChI is InChI=1S/C19H23N3O4S/c20-27(25,26)18-7-3-16(4-8-18)21-19(24)13-22-11-9-15(10-12-22)14-1-5-17(23)6-2-14/h1-8,15,23H,9-13H2,(H,21,24)(H2,20,25,26). The molecule has 1 aliphatic rings. The lowest BCUT2D eigenvalue weighted by Gasteiger charge is -2.31. The van der Waals surface area contributed by atoms with Crippen LogP contribution in [0.1, 0.15) is 24.3 Å². The molecule has 2 aromatic carbocycles. The summed E-state index contributed by atoms with van der Waals surface area (Å²) in [4.78, 5) is 14.3. The molecule has 0 spiro atoms. The van der Waals surface area contributed by atoms with Crippen molar-refractivity contribution in [3.05, 3.63) is 54.1 Å². The lowest BCUT2D eigenvalue weighted by molar-refractivity contribution is -0.117. The second-order valence-corrected chi connectivity index (χ2v) is 8.32. The fraction of sp³-hybridized carbons (Fsp3) is 0.316. The van der Waals surface area contributed by atoms with Crippen LogP contribution in [0.4, 0.5) is 5.69 Å². The van der Waals surface area contributed by atoms with E-state index in [0.29, 0.717) is 18.2 Å². The molecular formula is C19H23N3O4S. The molecule has 2 aromatic rings. The summed E-state index contributed by atoms with van der Waals surface area (Å²) in [6.45, 7) is 1.94. The van der Waals surface area contributed by atoms with Gasteiger partial charge in [0.25, 0.3) is 0 Å². The van der Waals surface area contributed by atoms with Gasteiger partial charge in [-0.1, -0.05) is 12.1 Å². The number of likely N-dealkylation sites (tertiary alicyclic amines) is 1. The number of phenolic OH excluding ortho intramolecular Hbond substituents is 1. The first-order valence-corrected chi connectivity index (χ1v) is 10.3. The highest BCUT2D eigenvalue weighted by atomic mass is 32.2. The van der Waals surface area contributed by atoms with Crippen molar-refractivity contribution in [2.75, 3.05) is 25.0 Å². The largest absolute Gasteiger partial charge is 0.508 e. The molecule has 0 aromatic heterocycles. The first-order chi connectivity index (χ1) is 12.8. The summed E-state index contributed by atoms with van der Waals surface area (Å²) in [5.41, 5.74) is 1.75. The van der Waals surface area contributed by atoms with Crippen LogP contribution in [-0.4, -0.2) is 44.0 Å². The van der Waals surface area contributed by atoms with E-state index in [2.05, 4.69) is 10.2 Å². The summed E-state index contributed by atoms with van der Waals surface area (Å²) in [6, 6.07) is 13.1. The van der Waals surface area contributed by atoms with Crippen LogP contribution >= 0.6 is 0 Å². The van der Waals surface area contributed by atoms with Crippen LogP contribution in [0.15, 0.2) is 53.4 Å². The Morgan fingerprint density at radius 3 is 2.22 bits per heavy atom. The van der Waals surface area contributed by atoms with E-state index >= 15 is 0 Å². The second-order valence-electron chi connectivity index (χ2n) is 6.76. The lowest BCUT2D eigenvalue weighted by Crippen LogP contribution is -2.38. The molecule has 0 saturated carbocycles. The fourth-order valence-electron chi connectivity index (χ4n) is 3.30. The SMILES string of the molecule is NS(=O)(=O)c1ccc(NC(=O)CN2CCC(c3ccc(O)cc3)CC2)cc1. The van der Waals surface area contributed by atoms with E-state index in [1.54, 1.807) is 12.1 Å². The highest BCUT2D eigenvalue weighted by Crippen LogP contribution is 2.28. The highest BCUT2D eigenvalue weighted by molar-refractivity contribution is 7.89. The average molecular weight is 389 g/mol. The quantitative estimate of drug-likeness (QED) is 0.722. The van der Waals surface area contributed by atoms with Crippen LogP contribution in [-0.2, 0) is 14.8 Å². The minimum absolute atomic E-state index is 0.0109. The van der Waals surface area contributed by atoms with Gasteiger partial charge in [0.05, 0.1) is 11.4 Å². The van der Waals surface area contributed by atoms with Gasteiger partial charge in [-0.15, -0.1) is 0 Å². The maximum atomic E-state index is 12.2. The van der Waals surface area contributed by atoms with Crippen molar-refractivity contribution >= 4 is 21.6 Å². The molecule has 1 heterocycles. The predicted molar refractivity (Wildman–Crippen MR) is 103 cm³/mol. The zero-order chi connectivity index (χ0) is 19.4. The van der Waals surface area contributed by atoms with E-state index in [0.717, 1.165) is 25.9 Å². The number of rotatable bonds is 5. The second kappa shape index (κ2) is 8.08. The molecule has 8 heteroatoms. The van der Waals surface area contributed by atoms with Gasteiger partial charge in [-0.25, -0.2) is 13.6 Å². The van der Waals surface area contributed by atoms with Crippen LogP contribution in [0.2, 0.25) is 0 Å². The number of carbonyl (C=O) groups excluding carboxylic acids is 1. The van der Waals surface area contributed by atoms with Crippen molar-refractivity contribution in [2.45, 2.75) is 23.7 Å². The van der Waals surface area contributed by atoms with E-state index in [1.807, 2.05) is 12.1 Å². The first kappa shape index (κ1) is 19.3. The molecule has 0 radical (unpaired) electrons. The van der Waals surface area contributed by atoms with Crippen LogP contribution in [0, 0.1) is 0 Å². The van der Waals surface area contributed by atoms with Crippen LogP contribution in [0.3, 0.4) is 0 Å². The van der Waals surface area contributed by atoms with Gasteiger partial charge in [0, 0.05) is 5.69 Å². The molecule has 1 aliphatic heterocycles. The van der Waals surface area contributed by atoms with Crippen molar-refractivity contribution in [1.82, 2.24) is 4.90 Å². The number of carbonyl (C=O) groups is 1. The zero-order valence-electron chi connectivity index (χ0n) is 14.8. The first-order valence-electron chi connectivity index (χ1n) is 8.75. The molecule has 0 atom stereocenters. The van der Waals surface area contributed by atoms with Crippen molar-refractivity contribution in [2.24, 2.45) is 5.14 Å². The van der Waals surface area contributed by atoms with Gasteiger partial charge in [-0.05, 0) is 73.8 Å². The number of hydrogen-bond donors (Lipinski definition) is 3. The number of benzene rings is 2. The number of anilines is 1. The Morgan fingerprint density at radius 2 is 1.67 bits per heavy atom. The number of nitrogens with two attached hydrogens (primary N) is 1. The molecule has 3 rings (SSSR count). The average Bonchev–Trinajstić information content (AvgIpc) is 2.63. The van der Waals surface area contributed by atoms with Crippen LogP contribution in [0.25, 0.3) is 0 Å². The normalized spacial score (nSPS) is 16.2. The van der Waals surface area contributed by atoms with Gasteiger partial charge in [-0.3, -0.25) is 9.69 Å². The number of hydrogen-bond acceptors (Lipinski definition) is 5. The monoisotopic (exact) mass is 389 g/mol. The maximum absolute atomic E-state index is 12.2. The summed E-state index contributed by atoms with van der Waals surface area (Å²) in [5, 5.41) is 17.2. The van der Waals surface area contributed by atoms with Crippen molar-refractivity contribution < 1.29 is 18.3 Å². The van der Waals surface area contributed by atoms with Crippen LogP contribution < -0.4 is 10.5 Å². The molecule has 7 nitrogen and oxygen atoms in total. The van der Waals surface area contributed by atoms with E-state index in [-0.39, 0.29) is 16.6 Å². The zero-order valence-corrected chi connectivity index (χ0v) is 15.7. The van der Waals surface area contributed by atoms with Crippen molar-refractivity contribution in [3.63, 3.8) is 0 Å². The summed E-state index contributed by atoms with van der Waals surface area (Å²) in [6.07, 6.45) is 1.92. The van der Waals surface area contributed by atoms with Gasteiger partial charge in [0.1, 0.15) is 5.75 Å². The third kappa shape index (κ3) is 5.29. The Bertz CT molecular complexity index is 888. The van der Waals surface area contributed by atoms with Gasteiger partial charge in [0.2, 0.25) is 15.9 Å². The summed E-state index contributed by atoms with van der Waals surface area (Å²) >= 11 is 0. The van der Waals surface area contributed by atoms with E-state index in [9.17, 15) is 18.3 Å². The molecule has 1 saturated heterocycles. The van der Waals surface area contributed by atoms with E-state index in [1.165, 1.54) is 29.8 Å². The predicted octanol–water partition coefficient (Wildman–Crippen LogP) is 1.86. The molecule has 4 N–H and O–H groups in total. The number of aromatic hydroxyl groups is 1. The Balaban J connectivity index is 1.48. The van der Waals surface area contributed by atoms with E-state index < -0.39 is 10.0 Å². The maximum Gasteiger partial charge on any atom is 0.238 e. The lowest BCUT2D eigenvalue weighted by atomic mass is 9.89. The number of phenols is 1. The van der Waals surface area contributed by atoms with E-state index in [4.69, 9.17) is 5.14 Å². The molecule has 0 bridgehead atoms. The van der Waals surface area contributed by atoms with Crippen molar-refractivity contribution in [1.29, 1.82) is 0 Å². The Kier molecular flexibility index (Phi) is 5.79. The van der Waals surface area contributed by atoms with Crippen LogP contribution in [0.5, 0.6) is 5.75 Å². The number of sulfonamides is 1. The molecule has 27 heavy (non-hydrogen) atoms. The summed E-state index contributed by atoms with van der Waals surface area (Å²) < 4.78 is 22.5. The molecule has 1 amide bonds. The third-order valence-electron chi connectivity index (χ3n) is 4.79. The molecule has 0 aliphatic carbocycles. The Labute approximate surface area is 158 Å². The van der Waals surface area contributed by atoms with Gasteiger partial charge >= 0.3 is 0 Å². The third-order valence-corrected chi connectivity index (χ3v) is 5.72. The topological polar surface area (TPSA) is 113 Å². The number of piperidine rings is 1. The van der Waals surface area contributed by atoms with Gasteiger partial charge in [0.15, 0.2) is 0 Å². The minimum atomic E-state index is -3.74. The number of primary sulfonamides is 1. The highest BCUT2D eigenvalue weighted by Gasteiger charge is 2.22. The molecule has 0 unspecified atom stereocenters. The number of amides is 1. The molecule has 1 fully saturated rings. The van der Waals surface area contributed by atoms with Crippen molar-refractivity contribution in [3.8, 4) is 5.75 Å². The number of nitrogens with one attached hydrogen (secondary N) is 1. The smallest absolute Gasteiger partial charge is 0.238 e. The number of nitrogens with zero attached hydrogens (tertiary/aromatic N) is 1. The van der Waals surface area contributed by atoms with Gasteiger partial charge in [-0.2, -0.15) is 0 Å². The summed E-state index contributed by atoms with van der Waals surface area (Å²) in [7, 11) is -3.74. The minimum Gasteiger partial charge on any atom is -0.508 e. The van der Waals surface area contributed by atoms with Gasteiger partial charge < -0.3 is 10.4 Å². The molecular weight excluding hydrogens is 366 g/mol. The Hall–Kier alpha value is -2.42. The Morgan fingerprint density at radius 1 is 1.07 bits per heavy atom.